The average Bonchev–Trinajstić information content (AvgIpc) is 2.03. The molecule has 0 aromatic rings. The van der Waals surface area contributed by atoms with Crippen molar-refractivity contribution in [2.24, 2.45) is 0 Å². The number of hydrogen-bond acceptors (Lipinski definition) is 2. The molecule has 0 rings (SSSR count). The lowest BCUT2D eigenvalue weighted by molar-refractivity contribution is -0.171. The smallest absolute Gasteiger partial charge is 0.178 e. The summed E-state index contributed by atoms with van der Waals surface area (Å²) in [6.45, 7) is 4.91. The van der Waals surface area contributed by atoms with E-state index in [4.69, 9.17) is 9.57 Å². The molecular formula is C8H18NO2. The zero-order chi connectivity index (χ0) is 8.53. The van der Waals surface area contributed by atoms with Crippen molar-refractivity contribution < 1.29 is 9.57 Å². The van der Waals surface area contributed by atoms with Gasteiger partial charge in [-0.15, -0.1) is 0 Å². The van der Waals surface area contributed by atoms with Gasteiger partial charge in [-0.05, 0) is 12.8 Å². The molecule has 3 heteroatoms. The predicted octanol–water partition coefficient (Wildman–Crippen LogP) is 1.70. The Balaban J connectivity index is 3.20. The summed E-state index contributed by atoms with van der Waals surface area (Å²) in [5, 5.41) is 0. The molecule has 0 aliphatic heterocycles. The zero-order valence-electron chi connectivity index (χ0n) is 7.67. The number of nitrogens with zero attached hydrogens (tertiary/aromatic N) is 1. The standard InChI is InChI=1S/C8H18NO2/c1-4-6-8(10-3)11-9-7-5-2/h8H,4-7H2,1-3H3. The van der Waals surface area contributed by atoms with Gasteiger partial charge >= 0.3 is 0 Å². The Morgan fingerprint density at radius 1 is 1.27 bits per heavy atom. The highest BCUT2D eigenvalue weighted by Gasteiger charge is 2.05. The Hall–Kier alpha value is -0.120. The summed E-state index contributed by atoms with van der Waals surface area (Å²) in [7, 11) is 1.64. The van der Waals surface area contributed by atoms with Crippen LogP contribution in [0.5, 0.6) is 0 Å². The molecule has 0 saturated heterocycles. The summed E-state index contributed by atoms with van der Waals surface area (Å²) >= 11 is 0. The third-order valence-corrected chi connectivity index (χ3v) is 1.29. The minimum atomic E-state index is -0.147. The van der Waals surface area contributed by atoms with E-state index in [0.717, 1.165) is 25.8 Å². The molecule has 0 bridgehead atoms. The first-order valence-corrected chi connectivity index (χ1v) is 4.20. The summed E-state index contributed by atoms with van der Waals surface area (Å²) in [4.78, 5) is 5.07. The summed E-state index contributed by atoms with van der Waals surface area (Å²) < 4.78 is 5.02. The van der Waals surface area contributed by atoms with E-state index in [1.54, 1.807) is 7.11 Å². The molecule has 0 heterocycles. The highest BCUT2D eigenvalue weighted by Crippen LogP contribution is 2.00. The Bertz CT molecular complexity index is 78.5. The van der Waals surface area contributed by atoms with Gasteiger partial charge in [0.1, 0.15) is 0 Å². The number of rotatable bonds is 7. The van der Waals surface area contributed by atoms with Crippen LogP contribution in [-0.4, -0.2) is 19.9 Å². The average molecular weight is 160 g/mol. The first-order chi connectivity index (χ1) is 5.35. The maximum Gasteiger partial charge on any atom is 0.178 e. The molecule has 11 heavy (non-hydrogen) atoms. The fraction of sp³-hybridized carbons (Fsp3) is 1.00. The molecule has 0 fully saturated rings. The second-order valence-corrected chi connectivity index (χ2v) is 2.41. The van der Waals surface area contributed by atoms with Crippen molar-refractivity contribution in [3.8, 4) is 0 Å². The third kappa shape index (κ3) is 6.28. The van der Waals surface area contributed by atoms with Crippen LogP contribution in [0.15, 0.2) is 0 Å². The van der Waals surface area contributed by atoms with Crippen LogP contribution in [0.2, 0.25) is 0 Å². The molecule has 0 aliphatic carbocycles. The molecule has 0 aliphatic rings. The molecule has 0 saturated carbocycles. The molecule has 1 unspecified atom stereocenters. The quantitative estimate of drug-likeness (QED) is 0.322. The lowest BCUT2D eigenvalue weighted by atomic mass is 10.3. The van der Waals surface area contributed by atoms with Crippen LogP contribution in [-0.2, 0) is 9.57 Å². The second kappa shape index (κ2) is 7.98. The molecule has 0 spiro atoms. The molecule has 67 valence electrons. The van der Waals surface area contributed by atoms with E-state index in [9.17, 15) is 0 Å². The highest BCUT2D eigenvalue weighted by atomic mass is 16.8. The van der Waals surface area contributed by atoms with Gasteiger partial charge < -0.3 is 4.74 Å². The van der Waals surface area contributed by atoms with Crippen LogP contribution in [0.4, 0.5) is 0 Å². The number of ether oxygens (including phenoxy) is 1. The molecule has 0 aromatic carbocycles. The number of hydrogen-bond donors (Lipinski definition) is 0. The van der Waals surface area contributed by atoms with E-state index in [2.05, 4.69) is 19.3 Å². The van der Waals surface area contributed by atoms with Gasteiger partial charge in [0, 0.05) is 13.7 Å². The maximum absolute atomic E-state index is 5.07. The van der Waals surface area contributed by atoms with Gasteiger partial charge in [0.25, 0.3) is 0 Å². The normalized spacial score (nSPS) is 13.4. The number of hydroxylamine groups is 1. The van der Waals surface area contributed by atoms with E-state index < -0.39 is 0 Å². The molecule has 1 atom stereocenters. The van der Waals surface area contributed by atoms with Crippen LogP contribution in [0.3, 0.4) is 0 Å². The Morgan fingerprint density at radius 3 is 2.45 bits per heavy atom. The van der Waals surface area contributed by atoms with E-state index in [1.807, 2.05) is 0 Å². The fourth-order valence-corrected chi connectivity index (χ4v) is 0.676. The monoisotopic (exact) mass is 160 g/mol. The summed E-state index contributed by atoms with van der Waals surface area (Å²) in [5.74, 6) is 0. The van der Waals surface area contributed by atoms with E-state index >= 15 is 0 Å². The Morgan fingerprint density at radius 2 is 2.00 bits per heavy atom. The predicted molar refractivity (Wildman–Crippen MR) is 44.1 cm³/mol. The molecule has 1 radical (unpaired) electrons. The van der Waals surface area contributed by atoms with Gasteiger partial charge in [-0.1, -0.05) is 25.7 Å². The van der Waals surface area contributed by atoms with E-state index in [1.165, 1.54) is 0 Å². The third-order valence-electron chi connectivity index (χ3n) is 1.29. The topological polar surface area (TPSA) is 32.6 Å². The Kier molecular flexibility index (Phi) is 7.89. The summed E-state index contributed by atoms with van der Waals surface area (Å²) in [5.41, 5.74) is 3.85. The second-order valence-electron chi connectivity index (χ2n) is 2.41. The summed E-state index contributed by atoms with van der Waals surface area (Å²) in [6.07, 6.45) is 2.83. The lowest BCUT2D eigenvalue weighted by Crippen LogP contribution is -2.20. The van der Waals surface area contributed by atoms with Crippen molar-refractivity contribution in [2.75, 3.05) is 13.7 Å². The van der Waals surface area contributed by atoms with Crippen molar-refractivity contribution in [2.45, 2.75) is 39.4 Å². The summed E-state index contributed by atoms with van der Waals surface area (Å²) in [6, 6.07) is 0. The van der Waals surface area contributed by atoms with Crippen LogP contribution < -0.4 is 5.48 Å². The van der Waals surface area contributed by atoms with Crippen molar-refractivity contribution in [1.29, 1.82) is 0 Å². The SMILES string of the molecule is CCC[N]OC(CCC)OC. The largest absolute Gasteiger partial charge is 0.354 e. The molecule has 3 nitrogen and oxygen atoms in total. The van der Waals surface area contributed by atoms with Crippen molar-refractivity contribution >= 4 is 0 Å². The first kappa shape index (κ1) is 10.9. The van der Waals surface area contributed by atoms with Crippen molar-refractivity contribution in [3.05, 3.63) is 0 Å². The lowest BCUT2D eigenvalue weighted by Gasteiger charge is -2.12. The molecule has 0 amide bonds. The van der Waals surface area contributed by atoms with E-state index in [-0.39, 0.29) is 6.29 Å². The van der Waals surface area contributed by atoms with E-state index in [0.29, 0.717) is 0 Å². The minimum absolute atomic E-state index is 0.147. The van der Waals surface area contributed by atoms with Gasteiger partial charge in [-0.25, -0.2) is 0 Å². The van der Waals surface area contributed by atoms with Gasteiger partial charge in [0.15, 0.2) is 6.29 Å². The van der Waals surface area contributed by atoms with Crippen LogP contribution in [0.1, 0.15) is 33.1 Å². The van der Waals surface area contributed by atoms with Gasteiger partial charge in [0.05, 0.1) is 0 Å². The molecule has 0 aromatic heterocycles. The Labute approximate surface area is 69.0 Å². The molecule has 0 N–H and O–H groups in total. The van der Waals surface area contributed by atoms with Gasteiger partial charge in [-0.2, -0.15) is 0 Å². The van der Waals surface area contributed by atoms with Gasteiger partial charge in [0.2, 0.25) is 0 Å². The van der Waals surface area contributed by atoms with Crippen molar-refractivity contribution in [3.63, 3.8) is 0 Å². The number of methoxy groups -OCH3 is 1. The van der Waals surface area contributed by atoms with Crippen molar-refractivity contribution in [1.82, 2.24) is 5.48 Å². The zero-order valence-corrected chi connectivity index (χ0v) is 7.67. The van der Waals surface area contributed by atoms with Crippen LogP contribution in [0.25, 0.3) is 0 Å². The highest BCUT2D eigenvalue weighted by molar-refractivity contribution is 4.39. The fourth-order valence-electron chi connectivity index (χ4n) is 0.676. The molecular weight excluding hydrogens is 142 g/mol. The van der Waals surface area contributed by atoms with Crippen LogP contribution in [0, 0.1) is 0 Å². The van der Waals surface area contributed by atoms with Gasteiger partial charge in [-0.3, -0.25) is 4.84 Å². The minimum Gasteiger partial charge on any atom is -0.354 e. The first-order valence-electron chi connectivity index (χ1n) is 4.20. The maximum atomic E-state index is 5.07. The van der Waals surface area contributed by atoms with Crippen LogP contribution >= 0.6 is 0 Å².